The van der Waals surface area contributed by atoms with E-state index in [1.165, 1.54) is 0 Å². The molecule has 120 valence electrons. The molecule has 0 unspecified atom stereocenters. The number of carbonyl (C=O) groups excluding carboxylic acids is 2. The second kappa shape index (κ2) is 7.92. The molecular formula is C18H19BrN2O2. The Labute approximate surface area is 144 Å². The molecule has 0 bridgehead atoms. The van der Waals surface area contributed by atoms with Crippen LogP contribution >= 0.6 is 15.9 Å². The Balaban J connectivity index is 2.11. The molecule has 2 rings (SSSR count). The van der Waals surface area contributed by atoms with Gasteiger partial charge < -0.3 is 10.6 Å². The number of halogens is 1. The van der Waals surface area contributed by atoms with Gasteiger partial charge in [0.2, 0.25) is 0 Å². The van der Waals surface area contributed by atoms with Crippen LogP contribution in [0.1, 0.15) is 34.6 Å². The summed E-state index contributed by atoms with van der Waals surface area (Å²) in [6, 6.07) is 14.1. The van der Waals surface area contributed by atoms with Crippen molar-refractivity contribution in [2.75, 3.05) is 11.9 Å². The summed E-state index contributed by atoms with van der Waals surface area (Å²) in [7, 11) is 0. The van der Waals surface area contributed by atoms with Crippen LogP contribution in [0.25, 0.3) is 0 Å². The highest BCUT2D eigenvalue weighted by molar-refractivity contribution is 9.10. The van der Waals surface area contributed by atoms with Gasteiger partial charge in [0, 0.05) is 22.1 Å². The number of rotatable bonds is 5. The first-order valence-corrected chi connectivity index (χ1v) is 8.21. The molecule has 2 N–H and O–H groups in total. The van der Waals surface area contributed by atoms with Crippen molar-refractivity contribution in [1.82, 2.24) is 5.32 Å². The van der Waals surface area contributed by atoms with Gasteiger partial charge in [-0.1, -0.05) is 32.0 Å². The average molecular weight is 375 g/mol. The van der Waals surface area contributed by atoms with Crippen LogP contribution in [0.5, 0.6) is 0 Å². The first-order chi connectivity index (χ1) is 11.0. The van der Waals surface area contributed by atoms with Gasteiger partial charge in [0.25, 0.3) is 11.8 Å². The first-order valence-electron chi connectivity index (χ1n) is 7.41. The van der Waals surface area contributed by atoms with Crippen molar-refractivity contribution in [3.63, 3.8) is 0 Å². The molecule has 0 heterocycles. The molecule has 2 aromatic carbocycles. The third kappa shape index (κ3) is 4.93. The van der Waals surface area contributed by atoms with E-state index in [4.69, 9.17) is 0 Å². The Morgan fingerprint density at radius 2 is 1.65 bits per heavy atom. The molecular weight excluding hydrogens is 356 g/mol. The van der Waals surface area contributed by atoms with E-state index < -0.39 is 0 Å². The van der Waals surface area contributed by atoms with Crippen LogP contribution in [0.4, 0.5) is 5.69 Å². The van der Waals surface area contributed by atoms with Crippen molar-refractivity contribution in [2.45, 2.75) is 13.8 Å². The topological polar surface area (TPSA) is 58.2 Å². The van der Waals surface area contributed by atoms with Crippen molar-refractivity contribution in [3.05, 3.63) is 64.1 Å². The third-order valence-electron chi connectivity index (χ3n) is 3.18. The normalized spacial score (nSPS) is 10.4. The fourth-order valence-corrected chi connectivity index (χ4v) is 2.34. The number of para-hydroxylation sites is 1. The maximum atomic E-state index is 12.3. The molecule has 0 atom stereocenters. The van der Waals surface area contributed by atoms with E-state index in [2.05, 4.69) is 26.6 Å². The number of amides is 2. The van der Waals surface area contributed by atoms with Gasteiger partial charge in [-0.2, -0.15) is 0 Å². The van der Waals surface area contributed by atoms with Crippen LogP contribution in [0.2, 0.25) is 0 Å². The minimum atomic E-state index is -0.254. The van der Waals surface area contributed by atoms with Crippen molar-refractivity contribution in [3.8, 4) is 0 Å². The van der Waals surface area contributed by atoms with Crippen LogP contribution in [0.3, 0.4) is 0 Å². The number of hydrogen-bond donors (Lipinski definition) is 2. The second-order valence-corrected chi connectivity index (χ2v) is 6.47. The molecule has 0 radical (unpaired) electrons. The summed E-state index contributed by atoms with van der Waals surface area (Å²) in [4.78, 5) is 24.4. The van der Waals surface area contributed by atoms with Crippen molar-refractivity contribution in [1.29, 1.82) is 0 Å². The fraction of sp³-hybridized carbons (Fsp3) is 0.222. The fourth-order valence-electron chi connectivity index (χ4n) is 1.96. The van der Waals surface area contributed by atoms with Gasteiger partial charge in [0.15, 0.2) is 0 Å². The zero-order valence-corrected chi connectivity index (χ0v) is 14.7. The maximum Gasteiger partial charge on any atom is 0.255 e. The predicted octanol–water partition coefficient (Wildman–Crippen LogP) is 4.09. The molecule has 4 nitrogen and oxygen atoms in total. The van der Waals surface area contributed by atoms with E-state index in [1.807, 2.05) is 32.0 Å². The summed E-state index contributed by atoms with van der Waals surface area (Å²) in [5.41, 5.74) is 1.61. The van der Waals surface area contributed by atoms with Gasteiger partial charge >= 0.3 is 0 Å². The molecule has 0 fully saturated rings. The van der Waals surface area contributed by atoms with E-state index in [-0.39, 0.29) is 11.8 Å². The van der Waals surface area contributed by atoms with Gasteiger partial charge in [-0.15, -0.1) is 0 Å². The zero-order chi connectivity index (χ0) is 16.8. The van der Waals surface area contributed by atoms with Crippen molar-refractivity contribution >= 4 is 33.4 Å². The van der Waals surface area contributed by atoms with Crippen molar-refractivity contribution < 1.29 is 9.59 Å². The van der Waals surface area contributed by atoms with E-state index in [0.717, 1.165) is 4.47 Å². The molecule has 0 aliphatic rings. The van der Waals surface area contributed by atoms with E-state index in [0.29, 0.717) is 29.3 Å². The Bertz CT molecular complexity index is 714. The minimum absolute atomic E-state index is 0.172. The smallest absolute Gasteiger partial charge is 0.255 e. The molecule has 0 aromatic heterocycles. The van der Waals surface area contributed by atoms with Crippen LogP contribution in [-0.4, -0.2) is 18.4 Å². The quantitative estimate of drug-likeness (QED) is 0.827. The summed E-state index contributed by atoms with van der Waals surface area (Å²) < 4.78 is 0.805. The lowest BCUT2D eigenvalue weighted by atomic mass is 10.1. The first kappa shape index (κ1) is 17.2. The number of hydrogen-bond acceptors (Lipinski definition) is 2. The van der Waals surface area contributed by atoms with Crippen LogP contribution in [-0.2, 0) is 0 Å². The third-order valence-corrected chi connectivity index (χ3v) is 3.87. The van der Waals surface area contributed by atoms with Crippen LogP contribution in [0, 0.1) is 5.92 Å². The zero-order valence-electron chi connectivity index (χ0n) is 13.1. The number of nitrogens with one attached hydrogen (secondary N) is 2. The SMILES string of the molecule is CC(C)CNC(=O)c1cccc(C(=O)Nc2ccccc2Br)c1. The Kier molecular flexibility index (Phi) is 5.93. The highest BCUT2D eigenvalue weighted by Gasteiger charge is 2.11. The molecule has 0 saturated heterocycles. The Morgan fingerprint density at radius 3 is 2.30 bits per heavy atom. The van der Waals surface area contributed by atoms with Crippen molar-refractivity contribution in [2.24, 2.45) is 5.92 Å². The molecule has 23 heavy (non-hydrogen) atoms. The lowest BCUT2D eigenvalue weighted by molar-refractivity contribution is 0.0949. The van der Waals surface area contributed by atoms with E-state index in [1.54, 1.807) is 30.3 Å². The lowest BCUT2D eigenvalue weighted by Gasteiger charge is -2.10. The van der Waals surface area contributed by atoms with Crippen LogP contribution in [0.15, 0.2) is 53.0 Å². The van der Waals surface area contributed by atoms with Crippen LogP contribution < -0.4 is 10.6 Å². The van der Waals surface area contributed by atoms with Gasteiger partial charge in [-0.25, -0.2) is 0 Å². The summed E-state index contributed by atoms with van der Waals surface area (Å²) in [6.45, 7) is 4.66. The molecule has 0 aliphatic carbocycles. The van der Waals surface area contributed by atoms with Gasteiger partial charge in [0.05, 0.1) is 5.69 Å². The maximum absolute atomic E-state index is 12.3. The van der Waals surface area contributed by atoms with Gasteiger partial charge in [-0.3, -0.25) is 9.59 Å². The summed E-state index contributed by atoms with van der Waals surface area (Å²) in [5, 5.41) is 5.67. The monoisotopic (exact) mass is 374 g/mol. The summed E-state index contributed by atoms with van der Waals surface area (Å²) in [6.07, 6.45) is 0. The number of anilines is 1. The van der Waals surface area contributed by atoms with E-state index in [9.17, 15) is 9.59 Å². The molecule has 2 aromatic rings. The lowest BCUT2D eigenvalue weighted by Crippen LogP contribution is -2.27. The molecule has 0 spiro atoms. The molecule has 0 aliphatic heterocycles. The van der Waals surface area contributed by atoms with E-state index >= 15 is 0 Å². The standard InChI is InChI=1S/C18H19BrN2O2/c1-12(2)11-20-17(22)13-6-5-7-14(10-13)18(23)21-16-9-4-3-8-15(16)19/h3-10,12H,11H2,1-2H3,(H,20,22)(H,21,23). The average Bonchev–Trinajstić information content (AvgIpc) is 2.54. The number of benzene rings is 2. The molecule has 5 heteroatoms. The Morgan fingerprint density at radius 1 is 1.00 bits per heavy atom. The highest BCUT2D eigenvalue weighted by atomic mass is 79.9. The second-order valence-electron chi connectivity index (χ2n) is 5.62. The largest absolute Gasteiger partial charge is 0.352 e. The number of carbonyl (C=O) groups is 2. The van der Waals surface area contributed by atoms with Gasteiger partial charge in [0.1, 0.15) is 0 Å². The summed E-state index contributed by atoms with van der Waals surface area (Å²) in [5.74, 6) is -0.0505. The molecule has 0 saturated carbocycles. The van der Waals surface area contributed by atoms with Gasteiger partial charge in [-0.05, 0) is 52.2 Å². The highest BCUT2D eigenvalue weighted by Crippen LogP contribution is 2.22. The predicted molar refractivity (Wildman–Crippen MR) is 95.7 cm³/mol. The Hall–Kier alpha value is -2.14. The molecule has 2 amide bonds. The summed E-state index contributed by atoms with van der Waals surface area (Å²) >= 11 is 3.39. The minimum Gasteiger partial charge on any atom is -0.352 e.